The van der Waals surface area contributed by atoms with E-state index in [4.69, 9.17) is 10.5 Å². The number of ether oxygens (including phenoxy) is 1. The Morgan fingerprint density at radius 2 is 2.30 bits per heavy atom. The Balaban J connectivity index is 2.11. The lowest BCUT2D eigenvalue weighted by Gasteiger charge is -2.34. The Bertz CT molecular complexity index is 447. The van der Waals surface area contributed by atoms with Gasteiger partial charge in [-0.1, -0.05) is 6.07 Å². The molecule has 6 nitrogen and oxygen atoms in total. The van der Waals surface area contributed by atoms with Gasteiger partial charge in [0.1, 0.15) is 0 Å². The number of primary amides is 1. The molecular weight excluding hydrogens is 256 g/mol. The van der Waals surface area contributed by atoms with Gasteiger partial charge in [0.25, 0.3) is 0 Å². The number of carbonyl (C=O) groups is 1. The van der Waals surface area contributed by atoms with E-state index in [1.54, 1.807) is 13.3 Å². The van der Waals surface area contributed by atoms with Crippen LogP contribution in [-0.2, 0) is 11.3 Å². The molecule has 1 aromatic heterocycles. The second kappa shape index (κ2) is 7.21. The minimum Gasteiger partial charge on any atom is -0.481 e. The number of carbonyl (C=O) groups excluding carboxylic acids is 1. The molecule has 0 bridgehead atoms. The van der Waals surface area contributed by atoms with E-state index >= 15 is 0 Å². The van der Waals surface area contributed by atoms with Crippen molar-refractivity contribution < 1.29 is 9.53 Å². The van der Waals surface area contributed by atoms with Gasteiger partial charge in [-0.05, 0) is 32.0 Å². The Kier molecular flexibility index (Phi) is 5.31. The van der Waals surface area contributed by atoms with Crippen LogP contribution in [0.15, 0.2) is 18.3 Å². The molecule has 20 heavy (non-hydrogen) atoms. The van der Waals surface area contributed by atoms with Crippen molar-refractivity contribution >= 4 is 5.91 Å². The maximum atomic E-state index is 11.3. The first-order valence-corrected chi connectivity index (χ1v) is 6.91. The number of aromatic nitrogens is 1. The molecule has 0 spiro atoms. The van der Waals surface area contributed by atoms with Crippen molar-refractivity contribution in [2.45, 2.75) is 25.4 Å². The summed E-state index contributed by atoms with van der Waals surface area (Å²) in [5.41, 5.74) is 6.36. The van der Waals surface area contributed by atoms with Gasteiger partial charge in [0.05, 0.1) is 13.7 Å². The van der Waals surface area contributed by atoms with Crippen molar-refractivity contribution in [1.29, 1.82) is 0 Å². The molecule has 1 aliphatic rings. The van der Waals surface area contributed by atoms with E-state index in [1.807, 2.05) is 12.1 Å². The Morgan fingerprint density at radius 3 is 2.95 bits per heavy atom. The Labute approximate surface area is 119 Å². The van der Waals surface area contributed by atoms with E-state index in [-0.39, 0.29) is 12.5 Å². The quantitative estimate of drug-likeness (QED) is 0.773. The number of hydrogen-bond acceptors (Lipinski definition) is 5. The van der Waals surface area contributed by atoms with Crippen LogP contribution in [-0.4, -0.2) is 48.6 Å². The summed E-state index contributed by atoms with van der Waals surface area (Å²) in [4.78, 5) is 17.6. The summed E-state index contributed by atoms with van der Waals surface area (Å²) in [7, 11) is 1.61. The number of amides is 1. The normalized spacial score (nSPS) is 16.3. The molecule has 6 heteroatoms. The maximum Gasteiger partial charge on any atom is 0.231 e. The molecule has 110 valence electrons. The highest BCUT2D eigenvalue weighted by molar-refractivity contribution is 5.76. The maximum absolute atomic E-state index is 11.3. The standard InChI is InChI=1S/C14H22N4O2/c1-20-14-11(3-2-6-17-14)9-18(10-13(15)19)12-4-7-16-8-5-12/h2-3,6,12,16H,4-5,7-10H2,1H3,(H2,15,19). The largest absolute Gasteiger partial charge is 0.481 e. The van der Waals surface area contributed by atoms with Gasteiger partial charge in [0, 0.05) is 24.3 Å². The van der Waals surface area contributed by atoms with Crippen molar-refractivity contribution in [2.75, 3.05) is 26.7 Å². The van der Waals surface area contributed by atoms with E-state index in [0.717, 1.165) is 31.5 Å². The fourth-order valence-electron chi connectivity index (χ4n) is 2.63. The second-order valence-electron chi connectivity index (χ2n) is 5.02. The topological polar surface area (TPSA) is 80.5 Å². The van der Waals surface area contributed by atoms with Crippen molar-refractivity contribution in [2.24, 2.45) is 5.73 Å². The van der Waals surface area contributed by atoms with Crippen LogP contribution in [0.5, 0.6) is 5.88 Å². The summed E-state index contributed by atoms with van der Waals surface area (Å²) in [5, 5.41) is 3.33. The van der Waals surface area contributed by atoms with E-state index in [2.05, 4.69) is 15.2 Å². The molecule has 0 aromatic carbocycles. The van der Waals surface area contributed by atoms with E-state index in [1.165, 1.54) is 0 Å². The first kappa shape index (κ1) is 14.7. The highest BCUT2D eigenvalue weighted by Crippen LogP contribution is 2.20. The molecule has 1 amide bonds. The number of hydrogen-bond donors (Lipinski definition) is 2. The SMILES string of the molecule is COc1ncccc1CN(CC(N)=O)C1CCNCC1. The lowest BCUT2D eigenvalue weighted by molar-refractivity contribution is -0.120. The third kappa shape index (κ3) is 3.91. The molecule has 0 aliphatic carbocycles. The number of nitrogens with zero attached hydrogens (tertiary/aromatic N) is 2. The van der Waals surface area contributed by atoms with Gasteiger partial charge in [-0.2, -0.15) is 0 Å². The van der Waals surface area contributed by atoms with Crippen LogP contribution in [0.4, 0.5) is 0 Å². The van der Waals surface area contributed by atoms with Gasteiger partial charge in [0.2, 0.25) is 11.8 Å². The van der Waals surface area contributed by atoms with Gasteiger partial charge < -0.3 is 15.8 Å². The summed E-state index contributed by atoms with van der Waals surface area (Å²) in [6.07, 6.45) is 3.75. The van der Waals surface area contributed by atoms with E-state index < -0.39 is 0 Å². The predicted octanol–water partition coefficient (Wildman–Crippen LogP) is 0.130. The van der Waals surface area contributed by atoms with Crippen LogP contribution >= 0.6 is 0 Å². The highest BCUT2D eigenvalue weighted by Gasteiger charge is 2.23. The first-order valence-electron chi connectivity index (χ1n) is 6.91. The molecule has 1 saturated heterocycles. The number of pyridine rings is 1. The van der Waals surface area contributed by atoms with Crippen LogP contribution < -0.4 is 15.8 Å². The van der Waals surface area contributed by atoms with Gasteiger partial charge in [-0.25, -0.2) is 4.98 Å². The van der Waals surface area contributed by atoms with E-state index in [0.29, 0.717) is 18.5 Å². The second-order valence-corrected chi connectivity index (χ2v) is 5.02. The molecule has 1 aliphatic heterocycles. The van der Waals surface area contributed by atoms with E-state index in [9.17, 15) is 4.79 Å². The summed E-state index contributed by atoms with van der Waals surface area (Å²) >= 11 is 0. The first-order chi connectivity index (χ1) is 9.70. The van der Waals surface area contributed by atoms with Crippen LogP contribution in [0, 0.1) is 0 Å². The smallest absolute Gasteiger partial charge is 0.231 e. The van der Waals surface area contributed by atoms with Crippen LogP contribution in [0.3, 0.4) is 0 Å². The van der Waals surface area contributed by atoms with Crippen molar-refractivity contribution in [3.05, 3.63) is 23.9 Å². The predicted molar refractivity (Wildman–Crippen MR) is 76.3 cm³/mol. The molecule has 3 N–H and O–H groups in total. The van der Waals surface area contributed by atoms with Gasteiger partial charge in [0.15, 0.2) is 0 Å². The Morgan fingerprint density at radius 1 is 1.55 bits per heavy atom. The monoisotopic (exact) mass is 278 g/mol. The van der Waals surface area contributed by atoms with Crippen LogP contribution in [0.2, 0.25) is 0 Å². The molecule has 0 radical (unpaired) electrons. The molecule has 0 saturated carbocycles. The molecule has 2 rings (SSSR count). The minimum atomic E-state index is -0.300. The lowest BCUT2D eigenvalue weighted by Crippen LogP contribution is -2.46. The van der Waals surface area contributed by atoms with Gasteiger partial charge in [-0.3, -0.25) is 9.69 Å². The fourth-order valence-corrected chi connectivity index (χ4v) is 2.63. The average molecular weight is 278 g/mol. The van der Waals surface area contributed by atoms with Gasteiger partial charge >= 0.3 is 0 Å². The summed E-state index contributed by atoms with van der Waals surface area (Å²) < 4.78 is 5.27. The highest BCUT2D eigenvalue weighted by atomic mass is 16.5. The summed E-state index contributed by atoms with van der Waals surface area (Å²) in [6, 6.07) is 4.22. The van der Waals surface area contributed by atoms with Crippen LogP contribution in [0.25, 0.3) is 0 Å². The number of rotatable bonds is 6. The van der Waals surface area contributed by atoms with Crippen LogP contribution in [0.1, 0.15) is 18.4 Å². The number of methoxy groups -OCH3 is 1. The molecular formula is C14H22N4O2. The molecule has 0 atom stereocenters. The average Bonchev–Trinajstić information content (AvgIpc) is 2.47. The number of nitrogens with one attached hydrogen (secondary N) is 1. The lowest BCUT2D eigenvalue weighted by atomic mass is 10.0. The molecule has 1 fully saturated rings. The third-order valence-electron chi connectivity index (χ3n) is 3.60. The zero-order chi connectivity index (χ0) is 14.4. The molecule has 0 unspecified atom stereocenters. The molecule has 1 aromatic rings. The van der Waals surface area contributed by atoms with Crippen molar-refractivity contribution in [1.82, 2.24) is 15.2 Å². The van der Waals surface area contributed by atoms with Crippen molar-refractivity contribution in [3.63, 3.8) is 0 Å². The third-order valence-corrected chi connectivity index (χ3v) is 3.60. The fraction of sp³-hybridized carbons (Fsp3) is 0.571. The zero-order valence-corrected chi connectivity index (χ0v) is 11.8. The summed E-state index contributed by atoms with van der Waals surface area (Å²) in [6.45, 7) is 2.85. The number of piperidine rings is 1. The zero-order valence-electron chi connectivity index (χ0n) is 11.8. The van der Waals surface area contributed by atoms with Crippen molar-refractivity contribution in [3.8, 4) is 5.88 Å². The minimum absolute atomic E-state index is 0.267. The summed E-state index contributed by atoms with van der Waals surface area (Å²) in [5.74, 6) is 0.308. The molecule has 2 heterocycles. The number of nitrogens with two attached hydrogens (primary N) is 1. The Hall–Kier alpha value is -1.66. The van der Waals surface area contributed by atoms with Gasteiger partial charge in [-0.15, -0.1) is 0 Å².